The third kappa shape index (κ3) is 3.29. The van der Waals surface area contributed by atoms with Gasteiger partial charge in [0.15, 0.2) is 11.0 Å². The molecule has 1 aliphatic heterocycles. The highest BCUT2D eigenvalue weighted by molar-refractivity contribution is 7.99. The van der Waals surface area contributed by atoms with Crippen LogP contribution in [0.3, 0.4) is 0 Å². The molecule has 1 saturated heterocycles. The SMILES string of the molecule is N#CCSc1nnc(-c2ccc(F)cc2)n1CC1CCCO1. The molecule has 0 aliphatic carbocycles. The van der Waals surface area contributed by atoms with Crippen LogP contribution in [-0.4, -0.2) is 33.2 Å². The molecule has 0 N–H and O–H groups in total. The first-order chi connectivity index (χ1) is 10.8. The molecule has 1 aromatic heterocycles. The maximum absolute atomic E-state index is 13.1. The first kappa shape index (κ1) is 15.0. The summed E-state index contributed by atoms with van der Waals surface area (Å²) in [7, 11) is 0. The molecule has 2 heterocycles. The van der Waals surface area contributed by atoms with E-state index in [9.17, 15) is 4.39 Å². The molecule has 0 saturated carbocycles. The standard InChI is InChI=1S/C15H15FN4OS/c16-12-5-3-11(4-6-12)14-18-19-15(22-9-7-17)20(14)10-13-2-1-8-21-13/h3-6,13H,1-2,8-10H2. The molecule has 1 fully saturated rings. The van der Waals surface area contributed by atoms with Gasteiger partial charge in [0.25, 0.3) is 0 Å². The lowest BCUT2D eigenvalue weighted by molar-refractivity contribution is 0.0953. The van der Waals surface area contributed by atoms with E-state index in [-0.39, 0.29) is 11.9 Å². The Morgan fingerprint density at radius 3 is 2.86 bits per heavy atom. The van der Waals surface area contributed by atoms with E-state index in [1.54, 1.807) is 12.1 Å². The van der Waals surface area contributed by atoms with Crippen LogP contribution in [-0.2, 0) is 11.3 Å². The van der Waals surface area contributed by atoms with E-state index in [0.717, 1.165) is 25.0 Å². The van der Waals surface area contributed by atoms with Gasteiger partial charge in [-0.15, -0.1) is 10.2 Å². The van der Waals surface area contributed by atoms with Gasteiger partial charge >= 0.3 is 0 Å². The van der Waals surface area contributed by atoms with Crippen molar-refractivity contribution in [2.75, 3.05) is 12.4 Å². The van der Waals surface area contributed by atoms with Crippen LogP contribution in [0.5, 0.6) is 0 Å². The number of rotatable bonds is 5. The van der Waals surface area contributed by atoms with Crippen molar-refractivity contribution in [1.82, 2.24) is 14.8 Å². The Hall–Kier alpha value is -1.91. The van der Waals surface area contributed by atoms with Crippen molar-refractivity contribution in [3.8, 4) is 17.5 Å². The van der Waals surface area contributed by atoms with Crippen molar-refractivity contribution in [3.05, 3.63) is 30.1 Å². The van der Waals surface area contributed by atoms with Gasteiger partial charge in [-0.05, 0) is 37.1 Å². The summed E-state index contributed by atoms with van der Waals surface area (Å²) in [5, 5.41) is 17.8. The largest absolute Gasteiger partial charge is 0.376 e. The Balaban J connectivity index is 1.92. The maximum atomic E-state index is 13.1. The summed E-state index contributed by atoms with van der Waals surface area (Å²) < 4.78 is 20.7. The lowest BCUT2D eigenvalue weighted by atomic mass is 10.2. The van der Waals surface area contributed by atoms with Crippen LogP contribution in [0.2, 0.25) is 0 Å². The van der Waals surface area contributed by atoms with Gasteiger partial charge in [0.2, 0.25) is 0 Å². The predicted octanol–water partition coefficient (Wildman–Crippen LogP) is 2.88. The van der Waals surface area contributed by atoms with Crippen LogP contribution < -0.4 is 0 Å². The number of hydrogen-bond donors (Lipinski definition) is 0. The van der Waals surface area contributed by atoms with Crippen LogP contribution in [0.15, 0.2) is 29.4 Å². The zero-order chi connectivity index (χ0) is 15.4. The second kappa shape index (κ2) is 6.90. The summed E-state index contributed by atoms with van der Waals surface area (Å²) in [4.78, 5) is 0. The molecular weight excluding hydrogens is 303 g/mol. The first-order valence-corrected chi connectivity index (χ1v) is 8.07. The number of nitriles is 1. The van der Waals surface area contributed by atoms with Crippen molar-refractivity contribution in [3.63, 3.8) is 0 Å². The van der Waals surface area contributed by atoms with Crippen LogP contribution in [0.4, 0.5) is 4.39 Å². The van der Waals surface area contributed by atoms with E-state index in [4.69, 9.17) is 10.00 Å². The highest BCUT2D eigenvalue weighted by atomic mass is 32.2. The highest BCUT2D eigenvalue weighted by Crippen LogP contribution is 2.26. The van der Waals surface area contributed by atoms with Crippen LogP contribution in [0.1, 0.15) is 12.8 Å². The average molecular weight is 318 g/mol. The molecule has 3 rings (SSSR count). The molecule has 0 spiro atoms. The Bertz CT molecular complexity index is 674. The Morgan fingerprint density at radius 1 is 1.36 bits per heavy atom. The second-order valence-corrected chi connectivity index (χ2v) is 5.95. The van der Waals surface area contributed by atoms with Gasteiger partial charge in [0, 0.05) is 12.2 Å². The second-order valence-electron chi connectivity index (χ2n) is 5.01. The molecule has 0 radical (unpaired) electrons. The molecule has 22 heavy (non-hydrogen) atoms. The summed E-state index contributed by atoms with van der Waals surface area (Å²) in [5.41, 5.74) is 0.802. The number of ether oxygens (including phenoxy) is 1. The van der Waals surface area contributed by atoms with Gasteiger partial charge in [-0.2, -0.15) is 5.26 Å². The molecule has 1 aliphatic rings. The summed E-state index contributed by atoms with van der Waals surface area (Å²) in [6.45, 7) is 1.42. The van der Waals surface area contributed by atoms with Gasteiger partial charge < -0.3 is 4.74 Å². The molecule has 1 atom stereocenters. The molecule has 1 aromatic carbocycles. The minimum Gasteiger partial charge on any atom is -0.376 e. The summed E-state index contributed by atoms with van der Waals surface area (Å²) in [6, 6.07) is 8.27. The van der Waals surface area contributed by atoms with E-state index in [0.29, 0.717) is 23.3 Å². The fraction of sp³-hybridized carbons (Fsp3) is 0.400. The Morgan fingerprint density at radius 2 is 2.18 bits per heavy atom. The monoisotopic (exact) mass is 318 g/mol. The third-order valence-electron chi connectivity index (χ3n) is 3.50. The smallest absolute Gasteiger partial charge is 0.192 e. The minimum absolute atomic E-state index is 0.136. The molecule has 114 valence electrons. The lowest BCUT2D eigenvalue weighted by Crippen LogP contribution is -2.16. The van der Waals surface area contributed by atoms with E-state index < -0.39 is 0 Å². The molecule has 5 nitrogen and oxygen atoms in total. The van der Waals surface area contributed by atoms with Crippen LogP contribution in [0, 0.1) is 17.1 Å². The van der Waals surface area contributed by atoms with Gasteiger partial charge in [-0.1, -0.05) is 11.8 Å². The number of nitrogens with zero attached hydrogens (tertiary/aromatic N) is 4. The normalized spacial score (nSPS) is 17.5. The molecule has 2 aromatic rings. The zero-order valence-corrected chi connectivity index (χ0v) is 12.7. The molecular formula is C15H15FN4OS. The van der Waals surface area contributed by atoms with Crippen molar-refractivity contribution >= 4 is 11.8 Å². The highest BCUT2D eigenvalue weighted by Gasteiger charge is 2.21. The van der Waals surface area contributed by atoms with Crippen molar-refractivity contribution in [1.29, 1.82) is 5.26 Å². The zero-order valence-electron chi connectivity index (χ0n) is 11.9. The fourth-order valence-corrected chi connectivity index (χ4v) is 3.07. The number of thioether (sulfide) groups is 1. The van der Waals surface area contributed by atoms with Gasteiger partial charge in [-0.3, -0.25) is 4.57 Å². The van der Waals surface area contributed by atoms with E-state index in [1.807, 2.05) is 4.57 Å². The molecule has 0 amide bonds. The van der Waals surface area contributed by atoms with Crippen molar-refractivity contribution in [2.45, 2.75) is 30.6 Å². The maximum Gasteiger partial charge on any atom is 0.192 e. The minimum atomic E-state index is -0.284. The van der Waals surface area contributed by atoms with Crippen LogP contribution in [0.25, 0.3) is 11.4 Å². The van der Waals surface area contributed by atoms with Crippen molar-refractivity contribution in [2.24, 2.45) is 0 Å². The Labute approximate surface area is 132 Å². The summed E-state index contributed by atoms with van der Waals surface area (Å²) in [6.07, 6.45) is 2.19. The number of hydrogen-bond acceptors (Lipinski definition) is 5. The van der Waals surface area contributed by atoms with Gasteiger partial charge in [0.1, 0.15) is 5.82 Å². The quantitative estimate of drug-likeness (QED) is 0.793. The van der Waals surface area contributed by atoms with Crippen molar-refractivity contribution < 1.29 is 9.13 Å². The number of halogens is 1. The average Bonchev–Trinajstić information content (AvgIpc) is 3.17. The van der Waals surface area contributed by atoms with Crippen LogP contribution >= 0.6 is 11.8 Å². The third-order valence-corrected chi connectivity index (χ3v) is 4.33. The first-order valence-electron chi connectivity index (χ1n) is 7.08. The van der Waals surface area contributed by atoms with E-state index in [1.165, 1.54) is 23.9 Å². The van der Waals surface area contributed by atoms with Gasteiger partial charge in [-0.25, -0.2) is 4.39 Å². The predicted molar refractivity (Wildman–Crippen MR) is 80.7 cm³/mol. The van der Waals surface area contributed by atoms with E-state index in [2.05, 4.69) is 16.3 Å². The topological polar surface area (TPSA) is 63.7 Å². The summed E-state index contributed by atoms with van der Waals surface area (Å²) >= 11 is 1.35. The van der Waals surface area contributed by atoms with Gasteiger partial charge in [0.05, 0.1) is 24.5 Å². The Kier molecular flexibility index (Phi) is 4.71. The summed E-state index contributed by atoms with van der Waals surface area (Å²) in [5.74, 6) is 0.705. The van der Waals surface area contributed by atoms with E-state index >= 15 is 0 Å². The number of aromatic nitrogens is 3. The molecule has 7 heteroatoms. The molecule has 0 bridgehead atoms. The lowest BCUT2D eigenvalue weighted by Gasteiger charge is -2.14. The molecule has 1 unspecified atom stereocenters. The number of benzene rings is 1. The fourth-order valence-electron chi connectivity index (χ4n) is 2.46.